The van der Waals surface area contributed by atoms with Crippen molar-refractivity contribution in [3.63, 3.8) is 0 Å². The Kier molecular flexibility index (Phi) is 6.80. The summed E-state index contributed by atoms with van der Waals surface area (Å²) in [5, 5.41) is 13.6. The van der Waals surface area contributed by atoms with Crippen LogP contribution in [0, 0.1) is 6.92 Å². The monoisotopic (exact) mass is 226 g/mol. The molecule has 0 bridgehead atoms. The van der Waals surface area contributed by atoms with Gasteiger partial charge in [0.15, 0.2) is 0 Å². The molecule has 0 radical (unpaired) electrons. The van der Waals surface area contributed by atoms with Gasteiger partial charge in [0.1, 0.15) is 0 Å². The van der Waals surface area contributed by atoms with Gasteiger partial charge < -0.3 is 15.4 Å². The second-order valence-electron chi connectivity index (χ2n) is 3.79. The highest BCUT2D eigenvalue weighted by atomic mass is 16.5. The van der Waals surface area contributed by atoms with Crippen LogP contribution in [0.4, 0.5) is 0 Å². The van der Waals surface area contributed by atoms with E-state index >= 15 is 0 Å². The molecule has 1 aromatic heterocycles. The smallest absolute Gasteiger partial charge is 0.0587 e. The van der Waals surface area contributed by atoms with Gasteiger partial charge in [0.2, 0.25) is 0 Å². The zero-order chi connectivity index (χ0) is 11.6. The number of aromatic amines is 1. The lowest BCUT2D eigenvalue weighted by Crippen LogP contribution is -2.24. The molecular weight excluding hydrogens is 204 g/mol. The number of H-pyrrole nitrogens is 1. The molecule has 0 unspecified atom stereocenters. The molecule has 1 rings (SSSR count). The van der Waals surface area contributed by atoms with Gasteiger partial charge >= 0.3 is 0 Å². The molecule has 0 aliphatic rings. The fraction of sp³-hybridized carbons (Fsp3) is 0.727. The molecule has 16 heavy (non-hydrogen) atoms. The van der Waals surface area contributed by atoms with Crippen molar-refractivity contribution < 1.29 is 4.74 Å². The van der Waals surface area contributed by atoms with E-state index in [1.54, 1.807) is 7.11 Å². The Hall–Kier alpha value is -0.910. The average molecular weight is 226 g/mol. The van der Waals surface area contributed by atoms with Gasteiger partial charge in [-0.2, -0.15) is 5.10 Å². The Labute approximate surface area is 97.0 Å². The fourth-order valence-electron chi connectivity index (χ4n) is 1.41. The van der Waals surface area contributed by atoms with Crippen LogP contribution in [0.1, 0.15) is 17.7 Å². The molecule has 1 aromatic rings. The average Bonchev–Trinajstić information content (AvgIpc) is 2.68. The minimum absolute atomic E-state index is 0.779. The summed E-state index contributed by atoms with van der Waals surface area (Å²) in [7, 11) is 1.72. The summed E-state index contributed by atoms with van der Waals surface area (Å²) < 4.78 is 4.94. The van der Waals surface area contributed by atoms with Crippen molar-refractivity contribution in [3.8, 4) is 0 Å². The van der Waals surface area contributed by atoms with Crippen LogP contribution in [-0.4, -0.2) is 43.5 Å². The van der Waals surface area contributed by atoms with E-state index in [1.165, 1.54) is 5.56 Å². The number of methoxy groups -OCH3 is 1. The van der Waals surface area contributed by atoms with E-state index in [9.17, 15) is 0 Å². The Bertz CT molecular complexity index is 275. The Morgan fingerprint density at radius 1 is 1.31 bits per heavy atom. The van der Waals surface area contributed by atoms with Crippen LogP contribution in [-0.2, 0) is 11.3 Å². The van der Waals surface area contributed by atoms with Crippen molar-refractivity contribution in [2.45, 2.75) is 19.9 Å². The Morgan fingerprint density at radius 2 is 2.12 bits per heavy atom. The molecule has 0 amide bonds. The first-order chi connectivity index (χ1) is 7.84. The van der Waals surface area contributed by atoms with Crippen LogP contribution in [0.2, 0.25) is 0 Å². The number of aromatic nitrogens is 2. The number of rotatable bonds is 9. The lowest BCUT2D eigenvalue weighted by atomic mass is 10.2. The van der Waals surface area contributed by atoms with Crippen LogP contribution in [0.25, 0.3) is 0 Å². The van der Waals surface area contributed by atoms with Crippen molar-refractivity contribution in [1.29, 1.82) is 0 Å². The maximum atomic E-state index is 4.94. The molecule has 0 aromatic carbocycles. The summed E-state index contributed by atoms with van der Waals surface area (Å²) in [6.45, 7) is 6.68. The number of aryl methyl sites for hydroxylation is 1. The predicted octanol–water partition coefficient (Wildman–Crippen LogP) is 0.434. The maximum absolute atomic E-state index is 4.94. The largest absolute Gasteiger partial charge is 0.383 e. The maximum Gasteiger partial charge on any atom is 0.0587 e. The minimum atomic E-state index is 0.779. The van der Waals surface area contributed by atoms with Crippen LogP contribution in [0.15, 0.2) is 6.20 Å². The van der Waals surface area contributed by atoms with Crippen molar-refractivity contribution in [2.75, 3.05) is 33.4 Å². The third-order valence-corrected chi connectivity index (χ3v) is 2.44. The molecule has 0 atom stereocenters. The van der Waals surface area contributed by atoms with E-state index in [2.05, 4.69) is 20.8 Å². The summed E-state index contributed by atoms with van der Waals surface area (Å²) in [4.78, 5) is 0. The highest BCUT2D eigenvalue weighted by molar-refractivity contribution is 5.13. The van der Waals surface area contributed by atoms with Gasteiger partial charge in [0, 0.05) is 31.5 Å². The summed E-state index contributed by atoms with van der Waals surface area (Å²) in [6.07, 6.45) is 3.00. The molecule has 3 N–H and O–H groups in total. The van der Waals surface area contributed by atoms with Crippen molar-refractivity contribution >= 4 is 0 Å². The first kappa shape index (κ1) is 13.2. The number of nitrogens with zero attached hydrogens (tertiary/aromatic N) is 1. The topological polar surface area (TPSA) is 62.0 Å². The van der Waals surface area contributed by atoms with Gasteiger partial charge in [-0.15, -0.1) is 0 Å². The van der Waals surface area contributed by atoms with Gasteiger partial charge in [-0.05, 0) is 26.4 Å². The van der Waals surface area contributed by atoms with Crippen molar-refractivity contribution in [1.82, 2.24) is 20.8 Å². The summed E-state index contributed by atoms with van der Waals surface area (Å²) in [6, 6.07) is 0. The SMILES string of the molecule is COCCNCCCNCc1cn[nH]c1C. The number of nitrogens with one attached hydrogen (secondary N) is 3. The van der Waals surface area contributed by atoms with E-state index < -0.39 is 0 Å². The van der Waals surface area contributed by atoms with Crippen molar-refractivity contribution in [2.24, 2.45) is 0 Å². The van der Waals surface area contributed by atoms with Gasteiger partial charge in [0.05, 0.1) is 12.8 Å². The molecule has 1 heterocycles. The summed E-state index contributed by atoms with van der Waals surface area (Å²) in [5.74, 6) is 0. The number of hydrogen-bond donors (Lipinski definition) is 3. The van der Waals surface area contributed by atoms with E-state index in [0.717, 1.165) is 44.9 Å². The van der Waals surface area contributed by atoms with Gasteiger partial charge in [-0.25, -0.2) is 0 Å². The lowest BCUT2D eigenvalue weighted by molar-refractivity contribution is 0.199. The lowest BCUT2D eigenvalue weighted by Gasteiger charge is -2.05. The molecule has 0 fully saturated rings. The molecule has 0 saturated carbocycles. The zero-order valence-corrected chi connectivity index (χ0v) is 10.2. The third kappa shape index (κ3) is 5.25. The molecule has 5 heteroatoms. The predicted molar refractivity (Wildman–Crippen MR) is 64.4 cm³/mol. The number of hydrogen-bond acceptors (Lipinski definition) is 4. The van der Waals surface area contributed by atoms with E-state index in [4.69, 9.17) is 4.74 Å². The molecule has 0 saturated heterocycles. The van der Waals surface area contributed by atoms with Crippen LogP contribution >= 0.6 is 0 Å². The van der Waals surface area contributed by atoms with Crippen LogP contribution in [0.5, 0.6) is 0 Å². The normalized spacial score (nSPS) is 10.9. The molecule has 0 spiro atoms. The molecule has 0 aliphatic carbocycles. The van der Waals surface area contributed by atoms with Gasteiger partial charge in [0.25, 0.3) is 0 Å². The second-order valence-corrected chi connectivity index (χ2v) is 3.79. The summed E-state index contributed by atoms with van der Waals surface area (Å²) >= 11 is 0. The standard InChI is InChI=1S/C11H22N4O/c1-10-11(9-14-15-10)8-13-5-3-4-12-6-7-16-2/h9,12-13H,3-8H2,1-2H3,(H,14,15). The van der Waals surface area contributed by atoms with Crippen LogP contribution in [0.3, 0.4) is 0 Å². The second kappa shape index (κ2) is 8.27. The Balaban J connectivity index is 1.91. The number of ether oxygens (including phenoxy) is 1. The van der Waals surface area contributed by atoms with E-state index in [1.807, 2.05) is 13.1 Å². The molecule has 0 aliphatic heterocycles. The highest BCUT2D eigenvalue weighted by Gasteiger charge is 1.98. The molecular formula is C11H22N4O. The molecule has 92 valence electrons. The summed E-state index contributed by atoms with van der Waals surface area (Å²) in [5.41, 5.74) is 2.39. The quantitative estimate of drug-likeness (QED) is 0.535. The third-order valence-electron chi connectivity index (χ3n) is 2.44. The van der Waals surface area contributed by atoms with Crippen molar-refractivity contribution in [3.05, 3.63) is 17.5 Å². The first-order valence-corrected chi connectivity index (χ1v) is 5.74. The minimum Gasteiger partial charge on any atom is -0.383 e. The van der Waals surface area contributed by atoms with E-state index in [0.29, 0.717) is 0 Å². The zero-order valence-electron chi connectivity index (χ0n) is 10.2. The molecule has 5 nitrogen and oxygen atoms in total. The fourth-order valence-corrected chi connectivity index (χ4v) is 1.41. The van der Waals surface area contributed by atoms with Gasteiger partial charge in [-0.3, -0.25) is 5.10 Å². The first-order valence-electron chi connectivity index (χ1n) is 5.74. The van der Waals surface area contributed by atoms with E-state index in [-0.39, 0.29) is 0 Å². The van der Waals surface area contributed by atoms with Gasteiger partial charge in [-0.1, -0.05) is 0 Å². The van der Waals surface area contributed by atoms with Crippen LogP contribution < -0.4 is 10.6 Å². The Morgan fingerprint density at radius 3 is 2.81 bits per heavy atom. The highest BCUT2D eigenvalue weighted by Crippen LogP contribution is 2.00.